The molecule has 1 aromatic heterocycles. The van der Waals surface area contributed by atoms with E-state index >= 15 is 0 Å². The molecule has 0 saturated carbocycles. The predicted octanol–water partition coefficient (Wildman–Crippen LogP) is 5.41. The highest BCUT2D eigenvalue weighted by atomic mass is 35.5. The van der Waals surface area contributed by atoms with Crippen molar-refractivity contribution in [1.82, 2.24) is 0 Å². The SMILES string of the molecule is COc1cc(OC)c(C(Cl)c2cc(Cl)sc2Cl)cc1OC. The molecule has 0 radical (unpaired) electrons. The third-order valence-electron chi connectivity index (χ3n) is 2.97. The monoisotopic (exact) mass is 366 g/mol. The average Bonchev–Trinajstić information content (AvgIpc) is 2.83. The van der Waals surface area contributed by atoms with Gasteiger partial charge in [0.25, 0.3) is 0 Å². The summed E-state index contributed by atoms with van der Waals surface area (Å²) in [5, 5.41) is -0.504. The number of halogens is 3. The lowest BCUT2D eigenvalue weighted by molar-refractivity contribution is 0.347. The van der Waals surface area contributed by atoms with Gasteiger partial charge in [0.05, 0.1) is 35.4 Å². The normalized spacial score (nSPS) is 12.1. The van der Waals surface area contributed by atoms with E-state index in [1.54, 1.807) is 39.5 Å². The molecule has 2 aromatic rings. The number of alkyl halides is 1. The lowest BCUT2D eigenvalue weighted by atomic mass is 10.0. The highest BCUT2D eigenvalue weighted by Crippen LogP contribution is 2.46. The van der Waals surface area contributed by atoms with Crippen LogP contribution in [0.3, 0.4) is 0 Å². The van der Waals surface area contributed by atoms with Crippen molar-refractivity contribution in [3.05, 3.63) is 38.0 Å². The summed E-state index contributed by atoms with van der Waals surface area (Å²) in [4.78, 5) is 0. The number of methoxy groups -OCH3 is 3. The van der Waals surface area contributed by atoms with Crippen molar-refractivity contribution in [2.75, 3.05) is 21.3 Å². The molecule has 1 unspecified atom stereocenters. The maximum Gasteiger partial charge on any atom is 0.164 e. The van der Waals surface area contributed by atoms with Gasteiger partial charge in [0, 0.05) is 17.2 Å². The van der Waals surface area contributed by atoms with Crippen molar-refractivity contribution < 1.29 is 14.2 Å². The zero-order valence-corrected chi connectivity index (χ0v) is 14.7. The molecule has 0 aliphatic rings. The van der Waals surface area contributed by atoms with E-state index in [0.29, 0.717) is 25.9 Å². The van der Waals surface area contributed by atoms with Gasteiger partial charge in [0.1, 0.15) is 5.75 Å². The molecule has 3 nitrogen and oxygen atoms in total. The van der Waals surface area contributed by atoms with E-state index in [-0.39, 0.29) is 0 Å². The summed E-state index contributed by atoms with van der Waals surface area (Å²) in [6.45, 7) is 0. The van der Waals surface area contributed by atoms with E-state index in [9.17, 15) is 0 Å². The number of benzene rings is 1. The van der Waals surface area contributed by atoms with Crippen LogP contribution in [0.15, 0.2) is 18.2 Å². The summed E-state index contributed by atoms with van der Waals surface area (Å²) < 4.78 is 17.1. The molecule has 114 valence electrons. The van der Waals surface area contributed by atoms with E-state index in [4.69, 9.17) is 49.0 Å². The predicted molar refractivity (Wildman–Crippen MR) is 88.1 cm³/mol. The zero-order valence-electron chi connectivity index (χ0n) is 11.6. The molecule has 0 N–H and O–H groups in total. The highest BCUT2D eigenvalue weighted by Gasteiger charge is 2.23. The van der Waals surface area contributed by atoms with Crippen LogP contribution in [0.1, 0.15) is 16.5 Å². The Bertz CT molecular complexity index is 643. The Balaban J connectivity index is 2.53. The van der Waals surface area contributed by atoms with Crippen molar-refractivity contribution in [1.29, 1.82) is 0 Å². The first-order valence-electron chi connectivity index (χ1n) is 5.90. The van der Waals surface area contributed by atoms with Gasteiger partial charge in [0.15, 0.2) is 11.5 Å². The quantitative estimate of drug-likeness (QED) is 0.661. The Hall–Kier alpha value is -0.810. The van der Waals surface area contributed by atoms with Crippen LogP contribution in [-0.2, 0) is 0 Å². The number of ether oxygens (including phenoxy) is 3. The van der Waals surface area contributed by atoms with Gasteiger partial charge in [-0.15, -0.1) is 22.9 Å². The minimum Gasteiger partial charge on any atom is -0.496 e. The van der Waals surface area contributed by atoms with E-state index in [1.807, 2.05) is 0 Å². The molecule has 0 amide bonds. The Morgan fingerprint density at radius 2 is 1.43 bits per heavy atom. The highest BCUT2D eigenvalue weighted by molar-refractivity contribution is 7.20. The molecule has 1 heterocycles. The molecular weight excluding hydrogens is 355 g/mol. The first-order chi connectivity index (χ1) is 10.0. The number of rotatable bonds is 5. The molecule has 0 spiro atoms. The van der Waals surface area contributed by atoms with Crippen LogP contribution in [0.25, 0.3) is 0 Å². The van der Waals surface area contributed by atoms with Crippen LogP contribution >= 0.6 is 46.1 Å². The molecule has 0 aliphatic carbocycles. The second-order valence-electron chi connectivity index (χ2n) is 4.09. The van der Waals surface area contributed by atoms with Crippen LogP contribution < -0.4 is 14.2 Å². The Labute approximate surface area is 142 Å². The van der Waals surface area contributed by atoms with Gasteiger partial charge in [-0.25, -0.2) is 0 Å². The van der Waals surface area contributed by atoms with Gasteiger partial charge in [-0.1, -0.05) is 23.2 Å². The fourth-order valence-electron chi connectivity index (χ4n) is 1.94. The molecule has 2 rings (SSSR count). The molecule has 0 aliphatic heterocycles. The molecule has 0 fully saturated rings. The molecule has 21 heavy (non-hydrogen) atoms. The largest absolute Gasteiger partial charge is 0.496 e. The van der Waals surface area contributed by atoms with Crippen molar-refractivity contribution in [3.8, 4) is 17.2 Å². The molecular formula is C14H13Cl3O3S. The fourth-order valence-corrected chi connectivity index (χ4v) is 3.94. The molecule has 1 aromatic carbocycles. The summed E-state index contributed by atoms with van der Waals surface area (Å²) in [5.74, 6) is 1.72. The summed E-state index contributed by atoms with van der Waals surface area (Å²) in [5.41, 5.74) is 1.46. The van der Waals surface area contributed by atoms with Gasteiger partial charge in [-0.2, -0.15) is 0 Å². The topological polar surface area (TPSA) is 27.7 Å². The lowest BCUT2D eigenvalue weighted by Gasteiger charge is -2.17. The minimum absolute atomic E-state index is 0.504. The lowest BCUT2D eigenvalue weighted by Crippen LogP contribution is -2.00. The summed E-state index contributed by atoms with van der Waals surface area (Å²) in [7, 11) is 4.69. The molecule has 0 bridgehead atoms. The van der Waals surface area contributed by atoms with Gasteiger partial charge in [0.2, 0.25) is 0 Å². The maximum absolute atomic E-state index is 6.55. The van der Waals surface area contributed by atoms with Crippen LogP contribution in [-0.4, -0.2) is 21.3 Å². The van der Waals surface area contributed by atoms with Crippen molar-refractivity contribution >= 4 is 46.1 Å². The van der Waals surface area contributed by atoms with E-state index in [0.717, 1.165) is 11.1 Å². The van der Waals surface area contributed by atoms with Crippen molar-refractivity contribution in [2.24, 2.45) is 0 Å². The first-order valence-corrected chi connectivity index (χ1v) is 7.91. The summed E-state index contributed by atoms with van der Waals surface area (Å²) >= 11 is 20.0. The average molecular weight is 368 g/mol. The second kappa shape index (κ2) is 6.97. The standard InChI is InChI=1S/C14H13Cl3O3S/c1-18-9-6-11(20-3)10(19-2)4-7(9)13(16)8-5-12(15)21-14(8)17/h4-6,13H,1-3H3. The third-order valence-corrected chi connectivity index (χ3v) is 4.95. The molecule has 1 atom stereocenters. The number of thiophene rings is 1. The summed E-state index contributed by atoms with van der Waals surface area (Å²) in [6, 6.07) is 5.25. The molecule has 0 saturated heterocycles. The fraction of sp³-hybridized carbons (Fsp3) is 0.286. The maximum atomic E-state index is 6.55. The second-order valence-corrected chi connectivity index (χ2v) is 6.81. The molecule has 7 heteroatoms. The Kier molecular flexibility index (Phi) is 5.49. The van der Waals surface area contributed by atoms with Crippen molar-refractivity contribution in [2.45, 2.75) is 5.38 Å². The zero-order chi connectivity index (χ0) is 15.6. The van der Waals surface area contributed by atoms with E-state index < -0.39 is 5.38 Å². The minimum atomic E-state index is -0.504. The van der Waals surface area contributed by atoms with Crippen LogP contribution in [0.4, 0.5) is 0 Å². The Morgan fingerprint density at radius 3 is 1.90 bits per heavy atom. The Morgan fingerprint density at radius 1 is 0.857 bits per heavy atom. The van der Waals surface area contributed by atoms with Crippen LogP contribution in [0.5, 0.6) is 17.2 Å². The first kappa shape index (κ1) is 16.6. The van der Waals surface area contributed by atoms with E-state index in [2.05, 4.69) is 0 Å². The smallest absolute Gasteiger partial charge is 0.164 e. The number of hydrogen-bond acceptors (Lipinski definition) is 4. The van der Waals surface area contributed by atoms with Gasteiger partial charge in [-0.05, 0) is 12.1 Å². The number of hydrogen-bond donors (Lipinski definition) is 0. The summed E-state index contributed by atoms with van der Waals surface area (Å²) in [6.07, 6.45) is 0. The third kappa shape index (κ3) is 3.34. The van der Waals surface area contributed by atoms with Crippen LogP contribution in [0, 0.1) is 0 Å². The van der Waals surface area contributed by atoms with Gasteiger partial charge < -0.3 is 14.2 Å². The van der Waals surface area contributed by atoms with Gasteiger partial charge in [-0.3, -0.25) is 0 Å². The van der Waals surface area contributed by atoms with Crippen LogP contribution in [0.2, 0.25) is 8.67 Å². The van der Waals surface area contributed by atoms with E-state index in [1.165, 1.54) is 11.3 Å². The van der Waals surface area contributed by atoms with Gasteiger partial charge >= 0.3 is 0 Å². The van der Waals surface area contributed by atoms with Crippen molar-refractivity contribution in [3.63, 3.8) is 0 Å².